The smallest absolute Gasteiger partial charge is 0.489 e. The number of rotatable bonds is 8. The molecule has 0 aliphatic heterocycles. The first-order valence-corrected chi connectivity index (χ1v) is 10.1. The maximum Gasteiger partial charge on any atom is 0.522 e. The van der Waals surface area contributed by atoms with Crippen LogP contribution in [0.2, 0.25) is 0 Å². The molecule has 1 aromatic heterocycles. The number of benzene rings is 1. The Balaban J connectivity index is 1.08. The minimum atomic E-state index is -4.63. The van der Waals surface area contributed by atoms with Gasteiger partial charge >= 0.3 is 6.36 Å². The van der Waals surface area contributed by atoms with Crippen LogP contribution in [0.15, 0.2) is 28.7 Å². The summed E-state index contributed by atoms with van der Waals surface area (Å²) >= 11 is 0. The number of aliphatic hydroxyl groups excluding tert-OH is 1. The highest BCUT2D eigenvalue weighted by Gasteiger charge is 2.71. The van der Waals surface area contributed by atoms with Gasteiger partial charge in [-0.15, -0.1) is 23.4 Å². The number of hydrogen-bond acceptors (Lipinski definition) is 7. The molecule has 0 spiro atoms. The molecule has 7 nitrogen and oxygen atoms in total. The molecule has 1 aromatic carbocycles. The van der Waals surface area contributed by atoms with Gasteiger partial charge in [-0.25, -0.2) is 4.39 Å². The summed E-state index contributed by atoms with van der Waals surface area (Å²) in [6.07, 6.45) is -3.79. The molecule has 2 bridgehead atoms. The van der Waals surface area contributed by atoms with Crippen molar-refractivity contribution in [3.8, 4) is 5.75 Å². The first kappa shape index (κ1) is 20.7. The van der Waals surface area contributed by atoms with Crippen molar-refractivity contribution < 1.29 is 36.6 Å². The van der Waals surface area contributed by atoms with Gasteiger partial charge in [0, 0.05) is 11.5 Å². The van der Waals surface area contributed by atoms with Crippen LogP contribution >= 0.6 is 0 Å². The molecule has 168 valence electrons. The first-order valence-electron chi connectivity index (χ1n) is 10.1. The van der Waals surface area contributed by atoms with E-state index in [1.54, 1.807) is 0 Å². The number of aromatic nitrogens is 2. The predicted octanol–water partition coefficient (Wildman–Crippen LogP) is 3.15. The van der Waals surface area contributed by atoms with Gasteiger partial charge in [0.2, 0.25) is 11.8 Å². The second kappa shape index (κ2) is 7.14. The van der Waals surface area contributed by atoms with Gasteiger partial charge in [-0.3, -0.25) is 10.1 Å². The van der Waals surface area contributed by atoms with E-state index in [9.17, 15) is 22.7 Å². The number of ether oxygens (including phenoxy) is 2. The molecular formula is C20H21F4N3O4. The van der Waals surface area contributed by atoms with Crippen LogP contribution < -0.4 is 10.1 Å². The third-order valence-corrected chi connectivity index (χ3v) is 6.36. The van der Waals surface area contributed by atoms with Gasteiger partial charge in [0.25, 0.3) is 0 Å². The van der Waals surface area contributed by atoms with Gasteiger partial charge in [0.05, 0.1) is 11.5 Å². The molecule has 6 rings (SSSR count). The molecule has 4 fully saturated rings. The molecule has 0 saturated heterocycles. The monoisotopic (exact) mass is 443 g/mol. The zero-order valence-electron chi connectivity index (χ0n) is 16.4. The lowest BCUT2D eigenvalue weighted by Gasteiger charge is -2.69. The second-order valence-corrected chi connectivity index (χ2v) is 8.82. The third-order valence-electron chi connectivity index (χ3n) is 6.36. The fourth-order valence-electron chi connectivity index (χ4n) is 4.94. The van der Waals surface area contributed by atoms with E-state index < -0.39 is 18.7 Å². The van der Waals surface area contributed by atoms with E-state index in [2.05, 4.69) is 20.3 Å². The van der Waals surface area contributed by atoms with E-state index in [4.69, 9.17) is 9.15 Å². The van der Waals surface area contributed by atoms with Crippen LogP contribution in [0.5, 0.6) is 5.75 Å². The summed E-state index contributed by atoms with van der Waals surface area (Å²) in [5.41, 5.74) is -0.455. The fraction of sp³-hybridized carbons (Fsp3) is 0.600. The maximum atomic E-state index is 12.9. The zero-order valence-corrected chi connectivity index (χ0v) is 16.4. The molecule has 2 N–H and O–H groups in total. The van der Waals surface area contributed by atoms with Crippen LogP contribution in [0.1, 0.15) is 49.8 Å². The lowest BCUT2D eigenvalue weighted by atomic mass is 9.39. The molecule has 1 heterocycles. The summed E-state index contributed by atoms with van der Waals surface area (Å²) in [6.45, 7) is 0.0218. The molecule has 4 aliphatic rings. The lowest BCUT2D eigenvalue weighted by Crippen LogP contribution is -2.77. The average molecular weight is 443 g/mol. The molecule has 0 amide bonds. The summed E-state index contributed by atoms with van der Waals surface area (Å²) in [5.74, 6) is 0.757. The lowest BCUT2D eigenvalue weighted by molar-refractivity contribution is -0.352. The van der Waals surface area contributed by atoms with E-state index in [1.807, 2.05) is 0 Å². The van der Waals surface area contributed by atoms with E-state index in [0.717, 1.165) is 19.3 Å². The van der Waals surface area contributed by atoms with Crippen LogP contribution in [-0.4, -0.2) is 46.1 Å². The molecule has 11 heteroatoms. The highest BCUT2D eigenvalue weighted by molar-refractivity contribution is 5.34. The molecular weight excluding hydrogens is 422 g/mol. The van der Waals surface area contributed by atoms with Gasteiger partial charge in [0.15, 0.2) is 0 Å². The maximum absolute atomic E-state index is 12.9. The number of halogens is 4. The summed E-state index contributed by atoms with van der Waals surface area (Å²) in [6, 6.07) is 5.55. The quantitative estimate of drug-likeness (QED) is 0.479. The fourth-order valence-corrected chi connectivity index (χ4v) is 4.94. The highest BCUT2D eigenvalue weighted by Crippen LogP contribution is 2.67. The van der Waals surface area contributed by atoms with Gasteiger partial charge in [0.1, 0.15) is 24.4 Å². The van der Waals surface area contributed by atoms with Crippen molar-refractivity contribution >= 4 is 0 Å². The summed E-state index contributed by atoms with van der Waals surface area (Å²) in [4.78, 5) is 0. The third kappa shape index (κ3) is 4.01. The summed E-state index contributed by atoms with van der Waals surface area (Å²) < 4.78 is 64.8. The molecule has 0 radical (unpaired) electrons. The molecule has 1 atom stereocenters. The van der Waals surface area contributed by atoms with Crippen molar-refractivity contribution in [1.29, 1.82) is 0 Å². The minimum Gasteiger partial charge on any atom is -0.489 e. The molecule has 4 aliphatic carbocycles. The Bertz CT molecular complexity index is 923. The van der Waals surface area contributed by atoms with Crippen molar-refractivity contribution in [3.63, 3.8) is 0 Å². The highest BCUT2D eigenvalue weighted by atomic mass is 19.4. The van der Waals surface area contributed by atoms with E-state index in [-0.39, 0.29) is 42.1 Å². The van der Waals surface area contributed by atoms with Gasteiger partial charge in [-0.05, 0) is 56.4 Å². The van der Waals surface area contributed by atoms with Crippen LogP contribution in [0.3, 0.4) is 0 Å². The Morgan fingerprint density at radius 1 is 1.16 bits per heavy atom. The van der Waals surface area contributed by atoms with Crippen LogP contribution in [0, 0.1) is 5.82 Å². The van der Waals surface area contributed by atoms with Gasteiger partial charge in [-0.2, -0.15) is 0 Å². The standard InChI is InChI=1S/C20H21F4N3O4/c21-12-1-3-13(4-2-12)29-7-15(28)25-19-8-18(9-19,10-19)17-27-26-16(30-17)11-5-14(6-11)31-20(22,23)24/h1-4,11,14-15,25,28H,5-10H2. The first-order chi connectivity index (χ1) is 14.6. The van der Waals surface area contributed by atoms with Crippen molar-refractivity contribution in [1.82, 2.24) is 15.5 Å². The van der Waals surface area contributed by atoms with E-state index in [0.29, 0.717) is 17.5 Å². The number of nitrogens with zero attached hydrogens (tertiary/aromatic N) is 2. The van der Waals surface area contributed by atoms with Crippen LogP contribution in [0.25, 0.3) is 0 Å². The van der Waals surface area contributed by atoms with Gasteiger partial charge in [-0.1, -0.05) is 0 Å². The topological polar surface area (TPSA) is 89.6 Å². The molecule has 1 unspecified atom stereocenters. The van der Waals surface area contributed by atoms with Crippen LogP contribution in [-0.2, 0) is 10.2 Å². The van der Waals surface area contributed by atoms with Crippen LogP contribution in [0.4, 0.5) is 17.6 Å². The normalized spacial score (nSPS) is 32.5. The van der Waals surface area contributed by atoms with Gasteiger partial charge < -0.3 is 14.3 Å². The number of nitrogens with one attached hydrogen (secondary N) is 1. The molecule has 2 aromatic rings. The van der Waals surface area contributed by atoms with Crippen molar-refractivity contribution in [2.45, 2.75) is 67.7 Å². The largest absolute Gasteiger partial charge is 0.522 e. The van der Waals surface area contributed by atoms with Crippen molar-refractivity contribution in [2.24, 2.45) is 0 Å². The molecule has 4 saturated carbocycles. The minimum absolute atomic E-state index is 0.0218. The Kier molecular flexibility index (Phi) is 4.76. The summed E-state index contributed by atoms with van der Waals surface area (Å²) in [7, 11) is 0. The van der Waals surface area contributed by atoms with E-state index in [1.165, 1.54) is 24.3 Å². The zero-order chi connectivity index (χ0) is 21.9. The summed E-state index contributed by atoms with van der Waals surface area (Å²) in [5, 5.41) is 21.5. The molecule has 31 heavy (non-hydrogen) atoms. The number of alkyl halides is 3. The average Bonchev–Trinajstić information content (AvgIpc) is 3.07. The Morgan fingerprint density at radius 3 is 2.48 bits per heavy atom. The number of hydrogen-bond donors (Lipinski definition) is 2. The SMILES string of the molecule is OC(COc1ccc(F)cc1)NC12CC(c3nnc(C4CC(OC(F)(F)F)C4)o3)(C1)C2. The number of aliphatic hydroxyl groups is 1. The Hall–Kier alpha value is -2.24. The van der Waals surface area contributed by atoms with Crippen molar-refractivity contribution in [3.05, 3.63) is 41.9 Å². The Labute approximate surface area is 174 Å². The second-order valence-electron chi connectivity index (χ2n) is 8.82. The Morgan fingerprint density at radius 2 is 1.84 bits per heavy atom. The predicted molar refractivity (Wildman–Crippen MR) is 96.5 cm³/mol. The van der Waals surface area contributed by atoms with E-state index >= 15 is 0 Å². The van der Waals surface area contributed by atoms with Crippen molar-refractivity contribution in [2.75, 3.05) is 6.61 Å².